The SMILES string of the molecule is O=C(NC1CC1)[C@@H](Oc1cccc([N+](=O)[O-])c1)c1ccccc1. The first-order valence-electron chi connectivity index (χ1n) is 7.40. The molecule has 1 aliphatic rings. The molecular formula is C17H16N2O4. The maximum Gasteiger partial charge on any atom is 0.273 e. The molecule has 1 fully saturated rings. The molecule has 1 atom stereocenters. The van der Waals surface area contributed by atoms with Crippen LogP contribution in [0.3, 0.4) is 0 Å². The number of carbonyl (C=O) groups excluding carboxylic acids is 1. The molecule has 118 valence electrons. The summed E-state index contributed by atoms with van der Waals surface area (Å²) in [6, 6.07) is 15.2. The molecule has 1 amide bonds. The monoisotopic (exact) mass is 312 g/mol. The van der Waals surface area contributed by atoms with E-state index in [1.165, 1.54) is 18.2 Å². The molecule has 0 unspecified atom stereocenters. The Morgan fingerprint density at radius 2 is 1.91 bits per heavy atom. The van der Waals surface area contributed by atoms with E-state index in [9.17, 15) is 14.9 Å². The number of nitro groups is 1. The van der Waals surface area contributed by atoms with Gasteiger partial charge in [0, 0.05) is 17.7 Å². The summed E-state index contributed by atoms with van der Waals surface area (Å²) in [5, 5.41) is 13.8. The zero-order chi connectivity index (χ0) is 16.2. The number of hydrogen-bond acceptors (Lipinski definition) is 4. The lowest BCUT2D eigenvalue weighted by molar-refractivity contribution is -0.384. The van der Waals surface area contributed by atoms with Crippen LogP contribution >= 0.6 is 0 Å². The van der Waals surface area contributed by atoms with E-state index < -0.39 is 11.0 Å². The summed E-state index contributed by atoms with van der Waals surface area (Å²) in [5.74, 6) is 0.0595. The minimum absolute atomic E-state index is 0.0723. The molecule has 0 heterocycles. The van der Waals surface area contributed by atoms with E-state index in [-0.39, 0.29) is 17.6 Å². The van der Waals surface area contributed by atoms with Gasteiger partial charge in [-0.2, -0.15) is 0 Å². The molecule has 0 aromatic heterocycles. The van der Waals surface area contributed by atoms with Gasteiger partial charge in [-0.15, -0.1) is 0 Å². The van der Waals surface area contributed by atoms with Crippen molar-refractivity contribution in [3.05, 3.63) is 70.3 Å². The molecule has 1 aliphatic carbocycles. The summed E-state index contributed by atoms with van der Waals surface area (Å²) in [6.07, 6.45) is 1.12. The third-order valence-electron chi connectivity index (χ3n) is 3.55. The molecule has 1 N–H and O–H groups in total. The second-order valence-corrected chi connectivity index (χ2v) is 5.45. The van der Waals surface area contributed by atoms with E-state index in [1.807, 2.05) is 18.2 Å². The normalized spacial score (nSPS) is 14.8. The van der Waals surface area contributed by atoms with Gasteiger partial charge in [0.05, 0.1) is 11.0 Å². The first-order chi connectivity index (χ1) is 11.1. The lowest BCUT2D eigenvalue weighted by atomic mass is 10.1. The number of nitrogens with one attached hydrogen (secondary N) is 1. The molecule has 6 nitrogen and oxygen atoms in total. The Balaban J connectivity index is 1.84. The lowest BCUT2D eigenvalue weighted by Crippen LogP contribution is -2.33. The molecule has 0 aliphatic heterocycles. The van der Waals surface area contributed by atoms with Gasteiger partial charge < -0.3 is 10.1 Å². The van der Waals surface area contributed by atoms with Crippen molar-refractivity contribution < 1.29 is 14.5 Å². The van der Waals surface area contributed by atoms with Crippen molar-refractivity contribution >= 4 is 11.6 Å². The van der Waals surface area contributed by atoms with E-state index in [1.54, 1.807) is 18.2 Å². The number of rotatable bonds is 6. The first-order valence-corrected chi connectivity index (χ1v) is 7.40. The zero-order valence-electron chi connectivity index (χ0n) is 12.3. The number of benzene rings is 2. The zero-order valence-corrected chi connectivity index (χ0v) is 12.3. The standard InChI is InChI=1S/C17H16N2O4/c20-17(18-13-9-10-13)16(12-5-2-1-3-6-12)23-15-8-4-7-14(11-15)19(21)22/h1-8,11,13,16H,9-10H2,(H,18,20)/t16-/m0/s1. The van der Waals surface area contributed by atoms with Gasteiger partial charge in [-0.05, 0) is 18.9 Å². The van der Waals surface area contributed by atoms with Crippen molar-refractivity contribution in [2.45, 2.75) is 25.0 Å². The average molecular weight is 312 g/mol. The largest absolute Gasteiger partial charge is 0.476 e. The van der Waals surface area contributed by atoms with Crippen LogP contribution in [0.15, 0.2) is 54.6 Å². The molecule has 0 radical (unpaired) electrons. The summed E-state index contributed by atoms with van der Waals surface area (Å²) >= 11 is 0. The highest BCUT2D eigenvalue weighted by atomic mass is 16.6. The maximum atomic E-state index is 12.4. The van der Waals surface area contributed by atoms with E-state index >= 15 is 0 Å². The lowest BCUT2D eigenvalue weighted by Gasteiger charge is -2.19. The molecule has 0 saturated heterocycles. The van der Waals surface area contributed by atoms with Crippen LogP contribution < -0.4 is 10.1 Å². The number of amides is 1. The first kappa shape index (κ1) is 15.0. The van der Waals surface area contributed by atoms with Gasteiger partial charge in [-0.25, -0.2) is 0 Å². The van der Waals surface area contributed by atoms with Crippen LogP contribution in [0.2, 0.25) is 0 Å². The Bertz CT molecular complexity index is 714. The Morgan fingerprint density at radius 3 is 2.57 bits per heavy atom. The summed E-state index contributed by atoms with van der Waals surface area (Å²) in [6.45, 7) is 0. The number of ether oxygens (including phenoxy) is 1. The van der Waals surface area contributed by atoms with Crippen molar-refractivity contribution in [3.63, 3.8) is 0 Å². The summed E-state index contributed by atoms with van der Waals surface area (Å²) in [4.78, 5) is 22.8. The summed E-state index contributed by atoms with van der Waals surface area (Å²) < 4.78 is 5.77. The molecule has 2 aromatic carbocycles. The molecule has 3 rings (SSSR count). The number of nitrogens with zero attached hydrogens (tertiary/aromatic N) is 1. The van der Waals surface area contributed by atoms with Gasteiger partial charge in [0.2, 0.25) is 6.10 Å². The molecule has 23 heavy (non-hydrogen) atoms. The Kier molecular flexibility index (Phi) is 4.23. The smallest absolute Gasteiger partial charge is 0.273 e. The van der Waals surface area contributed by atoms with Gasteiger partial charge in [0.15, 0.2) is 0 Å². The molecule has 2 aromatic rings. The Labute approximate surface area is 133 Å². The van der Waals surface area contributed by atoms with Crippen molar-refractivity contribution in [3.8, 4) is 5.75 Å². The van der Waals surface area contributed by atoms with Gasteiger partial charge >= 0.3 is 0 Å². The minimum atomic E-state index is -0.834. The predicted octanol–water partition coefficient (Wildman–Crippen LogP) is 2.99. The van der Waals surface area contributed by atoms with Gasteiger partial charge in [-0.1, -0.05) is 36.4 Å². The van der Waals surface area contributed by atoms with Crippen LogP contribution in [0.1, 0.15) is 24.5 Å². The van der Waals surface area contributed by atoms with Crippen LogP contribution in [-0.4, -0.2) is 16.9 Å². The number of nitro benzene ring substituents is 1. The maximum absolute atomic E-state index is 12.4. The molecule has 0 bridgehead atoms. The molecule has 0 spiro atoms. The average Bonchev–Trinajstić information content (AvgIpc) is 3.37. The summed E-state index contributed by atoms with van der Waals surface area (Å²) in [7, 11) is 0. The second kappa shape index (κ2) is 6.48. The van der Waals surface area contributed by atoms with Crippen LogP contribution in [0.25, 0.3) is 0 Å². The highest BCUT2D eigenvalue weighted by Gasteiger charge is 2.29. The van der Waals surface area contributed by atoms with Gasteiger partial charge in [0.25, 0.3) is 11.6 Å². The van der Waals surface area contributed by atoms with Crippen LogP contribution in [-0.2, 0) is 4.79 Å². The number of hydrogen-bond donors (Lipinski definition) is 1. The third kappa shape index (κ3) is 3.85. The molecule has 1 saturated carbocycles. The van der Waals surface area contributed by atoms with Crippen molar-refractivity contribution in [2.24, 2.45) is 0 Å². The predicted molar refractivity (Wildman–Crippen MR) is 84.1 cm³/mol. The van der Waals surface area contributed by atoms with E-state index in [2.05, 4.69) is 5.32 Å². The Hall–Kier alpha value is -2.89. The highest BCUT2D eigenvalue weighted by Crippen LogP contribution is 2.27. The van der Waals surface area contributed by atoms with E-state index in [0.29, 0.717) is 11.3 Å². The minimum Gasteiger partial charge on any atom is -0.476 e. The van der Waals surface area contributed by atoms with E-state index in [0.717, 1.165) is 12.8 Å². The van der Waals surface area contributed by atoms with Crippen LogP contribution in [0.4, 0.5) is 5.69 Å². The van der Waals surface area contributed by atoms with Crippen molar-refractivity contribution in [1.82, 2.24) is 5.32 Å². The molecular weight excluding hydrogens is 296 g/mol. The fraction of sp³-hybridized carbons (Fsp3) is 0.235. The number of non-ortho nitro benzene ring substituents is 1. The van der Waals surface area contributed by atoms with Gasteiger partial charge in [-0.3, -0.25) is 14.9 Å². The third-order valence-corrected chi connectivity index (χ3v) is 3.55. The van der Waals surface area contributed by atoms with Crippen molar-refractivity contribution in [1.29, 1.82) is 0 Å². The fourth-order valence-electron chi connectivity index (χ4n) is 2.21. The van der Waals surface area contributed by atoms with Gasteiger partial charge in [0.1, 0.15) is 5.75 Å². The number of carbonyl (C=O) groups is 1. The topological polar surface area (TPSA) is 81.5 Å². The Morgan fingerprint density at radius 1 is 1.17 bits per heavy atom. The summed E-state index contributed by atoms with van der Waals surface area (Å²) in [5.41, 5.74) is 0.633. The van der Waals surface area contributed by atoms with Crippen LogP contribution in [0.5, 0.6) is 5.75 Å². The van der Waals surface area contributed by atoms with Crippen LogP contribution in [0, 0.1) is 10.1 Å². The molecule has 6 heteroatoms. The second-order valence-electron chi connectivity index (χ2n) is 5.45. The quantitative estimate of drug-likeness (QED) is 0.656. The van der Waals surface area contributed by atoms with Crippen molar-refractivity contribution in [2.75, 3.05) is 0 Å². The van der Waals surface area contributed by atoms with E-state index in [4.69, 9.17) is 4.74 Å². The highest BCUT2D eigenvalue weighted by molar-refractivity contribution is 5.83. The fourth-order valence-corrected chi connectivity index (χ4v) is 2.21.